The van der Waals surface area contributed by atoms with E-state index in [9.17, 15) is 22.4 Å². The van der Waals surface area contributed by atoms with Gasteiger partial charge in [-0.2, -0.15) is 13.2 Å². The maximum Gasteiger partial charge on any atom is 0.416 e. The van der Waals surface area contributed by atoms with Crippen LogP contribution in [0.15, 0.2) is 18.2 Å². The Morgan fingerprint density at radius 2 is 2.00 bits per heavy atom. The molecular formula is C16H20F4N2O2. The largest absolute Gasteiger partial charge is 0.416 e. The lowest BCUT2D eigenvalue weighted by atomic mass is 9.78. The van der Waals surface area contributed by atoms with Gasteiger partial charge in [-0.15, -0.1) is 0 Å². The van der Waals surface area contributed by atoms with E-state index < -0.39 is 23.0 Å². The minimum atomic E-state index is -4.68. The molecule has 0 atom stereocenters. The Kier molecular flexibility index (Phi) is 5.82. The molecule has 1 amide bonds. The van der Waals surface area contributed by atoms with Gasteiger partial charge < -0.3 is 15.4 Å². The normalized spacial score (nSPS) is 17.5. The topological polar surface area (TPSA) is 50.4 Å². The summed E-state index contributed by atoms with van der Waals surface area (Å²) in [6.45, 7) is 1.17. The van der Waals surface area contributed by atoms with Gasteiger partial charge in [0.2, 0.25) is 5.91 Å². The van der Waals surface area contributed by atoms with Crippen LogP contribution in [-0.4, -0.2) is 32.7 Å². The summed E-state index contributed by atoms with van der Waals surface area (Å²) in [5.41, 5.74) is -1.99. The summed E-state index contributed by atoms with van der Waals surface area (Å²) >= 11 is 0. The number of hydrogen-bond acceptors (Lipinski definition) is 3. The lowest BCUT2D eigenvalue weighted by Gasteiger charge is -2.35. The van der Waals surface area contributed by atoms with Crippen LogP contribution in [0.25, 0.3) is 0 Å². The second-order valence-corrected chi connectivity index (χ2v) is 5.95. The molecule has 0 aromatic heterocycles. The van der Waals surface area contributed by atoms with Gasteiger partial charge in [0.15, 0.2) is 0 Å². The fourth-order valence-corrected chi connectivity index (χ4v) is 2.95. The monoisotopic (exact) mass is 348 g/mol. The molecule has 1 heterocycles. The Morgan fingerprint density at radius 1 is 1.33 bits per heavy atom. The highest BCUT2D eigenvalue weighted by Crippen LogP contribution is 2.33. The van der Waals surface area contributed by atoms with E-state index in [1.807, 2.05) is 0 Å². The van der Waals surface area contributed by atoms with Crippen LogP contribution in [-0.2, 0) is 22.3 Å². The molecule has 1 fully saturated rings. The Bertz CT molecular complexity index is 578. The van der Waals surface area contributed by atoms with E-state index in [4.69, 9.17) is 4.74 Å². The third kappa shape index (κ3) is 4.24. The predicted octanol–water partition coefficient (Wildman–Crippen LogP) is 2.48. The van der Waals surface area contributed by atoms with Crippen molar-refractivity contribution in [2.45, 2.75) is 25.6 Å². The van der Waals surface area contributed by atoms with E-state index in [0.717, 1.165) is 12.1 Å². The van der Waals surface area contributed by atoms with Gasteiger partial charge in [0.1, 0.15) is 5.82 Å². The summed E-state index contributed by atoms with van der Waals surface area (Å²) in [4.78, 5) is 12.5. The van der Waals surface area contributed by atoms with Crippen LogP contribution in [0.3, 0.4) is 0 Å². The highest BCUT2D eigenvalue weighted by atomic mass is 19.4. The molecule has 0 aliphatic carbocycles. The number of ether oxygens (including phenoxy) is 1. The summed E-state index contributed by atoms with van der Waals surface area (Å²) < 4.78 is 57.2. The molecule has 0 radical (unpaired) electrons. The number of benzene rings is 1. The zero-order valence-electron chi connectivity index (χ0n) is 13.3. The molecule has 2 N–H and O–H groups in total. The number of hydrogen-bond donors (Lipinski definition) is 2. The Hall–Kier alpha value is -1.67. The van der Waals surface area contributed by atoms with Crippen molar-refractivity contribution in [3.8, 4) is 0 Å². The average molecular weight is 348 g/mol. The quantitative estimate of drug-likeness (QED) is 0.804. The molecule has 0 bridgehead atoms. The van der Waals surface area contributed by atoms with Gasteiger partial charge in [0.25, 0.3) is 0 Å². The molecule has 24 heavy (non-hydrogen) atoms. The molecule has 0 spiro atoms. The third-order valence-corrected chi connectivity index (χ3v) is 4.28. The smallest absolute Gasteiger partial charge is 0.384 e. The number of carbonyl (C=O) groups is 1. The number of rotatable bonds is 5. The van der Waals surface area contributed by atoms with Crippen molar-refractivity contribution in [1.29, 1.82) is 0 Å². The number of piperidine rings is 1. The Morgan fingerprint density at radius 3 is 2.58 bits per heavy atom. The third-order valence-electron chi connectivity index (χ3n) is 4.28. The number of carbonyl (C=O) groups excluding carboxylic acids is 1. The van der Waals surface area contributed by atoms with E-state index >= 15 is 0 Å². The highest BCUT2D eigenvalue weighted by molar-refractivity contribution is 5.83. The lowest BCUT2D eigenvalue weighted by Crippen LogP contribution is -2.50. The van der Waals surface area contributed by atoms with Gasteiger partial charge in [-0.3, -0.25) is 4.79 Å². The van der Waals surface area contributed by atoms with Gasteiger partial charge in [0.05, 0.1) is 17.6 Å². The SMILES string of the molecule is COCC1(C(=O)NCc2ccc(F)cc2C(F)(F)F)CCNCC1. The van der Waals surface area contributed by atoms with Crippen LogP contribution in [0.4, 0.5) is 17.6 Å². The van der Waals surface area contributed by atoms with Crippen molar-refractivity contribution >= 4 is 5.91 Å². The van der Waals surface area contributed by atoms with E-state index in [1.165, 1.54) is 7.11 Å². The lowest BCUT2D eigenvalue weighted by molar-refractivity contribution is -0.140. The molecule has 8 heteroatoms. The van der Waals surface area contributed by atoms with Crippen LogP contribution in [0.2, 0.25) is 0 Å². The molecule has 0 saturated carbocycles. The van der Waals surface area contributed by atoms with Gasteiger partial charge >= 0.3 is 6.18 Å². The molecule has 1 aliphatic heterocycles. The molecule has 1 saturated heterocycles. The first-order valence-electron chi connectivity index (χ1n) is 7.62. The summed E-state index contributed by atoms with van der Waals surface area (Å²) in [5, 5.41) is 5.69. The minimum absolute atomic E-state index is 0.168. The first-order valence-corrected chi connectivity index (χ1v) is 7.62. The van der Waals surface area contributed by atoms with Crippen molar-refractivity contribution in [3.63, 3.8) is 0 Å². The highest BCUT2D eigenvalue weighted by Gasteiger charge is 2.40. The Balaban J connectivity index is 2.13. The molecule has 4 nitrogen and oxygen atoms in total. The second kappa shape index (κ2) is 7.48. The van der Waals surface area contributed by atoms with Crippen LogP contribution < -0.4 is 10.6 Å². The first kappa shape index (κ1) is 18.7. The van der Waals surface area contributed by atoms with Crippen molar-refractivity contribution in [2.24, 2.45) is 5.41 Å². The van der Waals surface area contributed by atoms with Gasteiger partial charge in [0, 0.05) is 13.7 Å². The van der Waals surface area contributed by atoms with E-state index in [1.54, 1.807) is 0 Å². The molecule has 1 aliphatic rings. The predicted molar refractivity (Wildman–Crippen MR) is 79.7 cm³/mol. The molecular weight excluding hydrogens is 328 g/mol. The standard InChI is InChI=1S/C16H20F4N2O2/c1-24-10-15(4-6-21-7-5-15)14(23)22-9-11-2-3-12(17)8-13(11)16(18,19)20/h2-3,8,21H,4-7,9-10H2,1H3,(H,22,23). The maximum absolute atomic E-state index is 13.1. The second-order valence-electron chi connectivity index (χ2n) is 5.95. The summed E-state index contributed by atoms with van der Waals surface area (Å²) in [6.07, 6.45) is -3.59. The fourth-order valence-electron chi connectivity index (χ4n) is 2.95. The average Bonchev–Trinajstić information content (AvgIpc) is 2.53. The zero-order chi connectivity index (χ0) is 17.8. The molecule has 0 unspecified atom stereocenters. The molecule has 2 rings (SSSR count). The zero-order valence-corrected chi connectivity index (χ0v) is 13.3. The number of halogens is 4. The van der Waals surface area contributed by atoms with Gasteiger partial charge in [-0.1, -0.05) is 6.07 Å². The van der Waals surface area contributed by atoms with Crippen molar-refractivity contribution in [3.05, 3.63) is 35.1 Å². The van der Waals surface area contributed by atoms with Crippen molar-refractivity contribution in [2.75, 3.05) is 26.8 Å². The summed E-state index contributed by atoms with van der Waals surface area (Å²) in [5.74, 6) is -1.31. The Labute approximate surface area is 137 Å². The van der Waals surface area contributed by atoms with Crippen LogP contribution in [0, 0.1) is 11.2 Å². The van der Waals surface area contributed by atoms with Crippen molar-refractivity contribution < 1.29 is 27.1 Å². The van der Waals surface area contributed by atoms with Crippen LogP contribution >= 0.6 is 0 Å². The van der Waals surface area contributed by atoms with Gasteiger partial charge in [-0.05, 0) is 43.6 Å². The number of amides is 1. The van der Waals surface area contributed by atoms with E-state index in [0.29, 0.717) is 32.0 Å². The number of methoxy groups -OCH3 is 1. The summed E-state index contributed by atoms with van der Waals surface area (Å²) in [7, 11) is 1.48. The summed E-state index contributed by atoms with van der Waals surface area (Å²) in [6, 6.07) is 2.44. The minimum Gasteiger partial charge on any atom is -0.384 e. The van der Waals surface area contributed by atoms with Crippen LogP contribution in [0.5, 0.6) is 0 Å². The van der Waals surface area contributed by atoms with Crippen LogP contribution in [0.1, 0.15) is 24.0 Å². The van der Waals surface area contributed by atoms with Gasteiger partial charge in [-0.25, -0.2) is 4.39 Å². The number of nitrogens with one attached hydrogen (secondary N) is 2. The number of alkyl halides is 3. The fraction of sp³-hybridized carbons (Fsp3) is 0.562. The molecule has 1 aromatic carbocycles. The molecule has 134 valence electrons. The molecule has 1 aromatic rings. The first-order chi connectivity index (χ1) is 11.3. The van der Waals surface area contributed by atoms with Crippen molar-refractivity contribution in [1.82, 2.24) is 10.6 Å². The maximum atomic E-state index is 13.1. The van der Waals surface area contributed by atoms with E-state index in [-0.39, 0.29) is 24.6 Å². The van der Waals surface area contributed by atoms with E-state index in [2.05, 4.69) is 10.6 Å².